The van der Waals surface area contributed by atoms with Crippen LogP contribution in [0.4, 0.5) is 5.69 Å². The number of H-pyrrole nitrogens is 1. The molecule has 2 N–H and O–H groups in total. The summed E-state index contributed by atoms with van der Waals surface area (Å²) in [7, 11) is 0. The van der Waals surface area contributed by atoms with E-state index in [1.165, 1.54) is 6.20 Å². The molecule has 2 rings (SSSR count). The fourth-order valence-electron chi connectivity index (χ4n) is 1.44. The standard InChI is InChI=1S/C13H15N3O2/c1-9-3-5-12(6-4-9)18-10(2)13(17)16-11-7-14-15-8-11/h3-8,10H,1-2H3,(H,14,15)(H,16,17). The van der Waals surface area contributed by atoms with Crippen molar-refractivity contribution in [2.75, 3.05) is 5.32 Å². The zero-order chi connectivity index (χ0) is 13.0. The molecule has 0 fully saturated rings. The monoisotopic (exact) mass is 245 g/mol. The van der Waals surface area contributed by atoms with Crippen LogP contribution in [0.3, 0.4) is 0 Å². The number of carbonyl (C=O) groups is 1. The second kappa shape index (κ2) is 5.35. The van der Waals surface area contributed by atoms with Crippen LogP contribution < -0.4 is 10.1 Å². The minimum Gasteiger partial charge on any atom is -0.481 e. The molecule has 0 aliphatic carbocycles. The fourth-order valence-corrected chi connectivity index (χ4v) is 1.44. The Hall–Kier alpha value is -2.30. The van der Waals surface area contributed by atoms with E-state index in [-0.39, 0.29) is 5.91 Å². The Labute approximate surface area is 105 Å². The smallest absolute Gasteiger partial charge is 0.265 e. The largest absolute Gasteiger partial charge is 0.481 e. The maximum Gasteiger partial charge on any atom is 0.265 e. The molecule has 0 aliphatic heterocycles. The summed E-state index contributed by atoms with van der Waals surface area (Å²) in [6, 6.07) is 7.57. The lowest BCUT2D eigenvalue weighted by atomic mass is 10.2. The molecule has 0 spiro atoms. The SMILES string of the molecule is Cc1ccc(OC(C)C(=O)Nc2cn[nH]c2)cc1. The third-order valence-corrected chi connectivity index (χ3v) is 2.47. The Bertz CT molecular complexity index is 506. The Kier molecular flexibility index (Phi) is 3.62. The highest BCUT2D eigenvalue weighted by Crippen LogP contribution is 2.14. The van der Waals surface area contributed by atoms with Crippen molar-refractivity contribution in [2.24, 2.45) is 0 Å². The van der Waals surface area contributed by atoms with Crippen molar-refractivity contribution in [3.05, 3.63) is 42.2 Å². The number of aromatic amines is 1. The van der Waals surface area contributed by atoms with Crippen LogP contribution in [0.25, 0.3) is 0 Å². The number of amides is 1. The molecule has 18 heavy (non-hydrogen) atoms. The molecule has 2 aromatic rings. The van der Waals surface area contributed by atoms with Crippen molar-refractivity contribution in [3.63, 3.8) is 0 Å². The number of aryl methyl sites for hydroxylation is 1. The Morgan fingerprint density at radius 1 is 1.39 bits per heavy atom. The number of nitrogens with one attached hydrogen (secondary N) is 2. The van der Waals surface area contributed by atoms with E-state index >= 15 is 0 Å². The predicted octanol–water partition coefficient (Wildman–Crippen LogP) is 2.12. The molecule has 0 saturated heterocycles. The van der Waals surface area contributed by atoms with Gasteiger partial charge in [-0.25, -0.2) is 0 Å². The van der Waals surface area contributed by atoms with Crippen LogP contribution in [0.5, 0.6) is 5.75 Å². The Morgan fingerprint density at radius 2 is 2.11 bits per heavy atom. The lowest BCUT2D eigenvalue weighted by molar-refractivity contribution is -0.122. The number of hydrogen-bond acceptors (Lipinski definition) is 3. The summed E-state index contributed by atoms with van der Waals surface area (Å²) in [4.78, 5) is 11.8. The highest BCUT2D eigenvalue weighted by molar-refractivity contribution is 5.93. The summed E-state index contributed by atoms with van der Waals surface area (Å²) in [6.45, 7) is 3.70. The van der Waals surface area contributed by atoms with Crippen LogP contribution in [0, 0.1) is 6.92 Å². The number of nitrogens with zero attached hydrogens (tertiary/aromatic N) is 1. The normalized spacial score (nSPS) is 11.9. The van der Waals surface area contributed by atoms with Gasteiger partial charge in [-0.1, -0.05) is 17.7 Å². The molecule has 0 saturated carbocycles. The van der Waals surface area contributed by atoms with E-state index in [9.17, 15) is 4.79 Å². The van der Waals surface area contributed by atoms with Crippen molar-refractivity contribution in [1.82, 2.24) is 10.2 Å². The molecule has 5 heteroatoms. The molecule has 1 heterocycles. The van der Waals surface area contributed by atoms with Crippen molar-refractivity contribution in [2.45, 2.75) is 20.0 Å². The number of benzene rings is 1. The number of hydrogen-bond donors (Lipinski definition) is 2. The summed E-state index contributed by atoms with van der Waals surface area (Å²) in [6.07, 6.45) is 2.58. The second-order valence-electron chi connectivity index (χ2n) is 4.05. The van der Waals surface area contributed by atoms with E-state index in [2.05, 4.69) is 15.5 Å². The van der Waals surface area contributed by atoms with Crippen LogP contribution >= 0.6 is 0 Å². The molecule has 0 radical (unpaired) electrons. The third-order valence-electron chi connectivity index (χ3n) is 2.47. The first-order valence-electron chi connectivity index (χ1n) is 5.68. The van der Waals surface area contributed by atoms with Crippen molar-refractivity contribution in [1.29, 1.82) is 0 Å². The predicted molar refractivity (Wildman–Crippen MR) is 68.5 cm³/mol. The average molecular weight is 245 g/mol. The second-order valence-corrected chi connectivity index (χ2v) is 4.05. The molecule has 1 atom stereocenters. The number of carbonyl (C=O) groups excluding carboxylic acids is 1. The summed E-state index contributed by atoms with van der Waals surface area (Å²) in [5, 5.41) is 9.07. The maximum atomic E-state index is 11.8. The average Bonchev–Trinajstić information content (AvgIpc) is 2.85. The number of aromatic nitrogens is 2. The minimum absolute atomic E-state index is 0.211. The van der Waals surface area contributed by atoms with Gasteiger partial charge < -0.3 is 10.1 Å². The maximum absolute atomic E-state index is 11.8. The Balaban J connectivity index is 1.93. The summed E-state index contributed by atoms with van der Waals surface area (Å²) >= 11 is 0. The summed E-state index contributed by atoms with van der Waals surface area (Å²) < 4.78 is 5.54. The van der Waals surface area contributed by atoms with Gasteiger partial charge in [0, 0.05) is 6.20 Å². The molecular formula is C13H15N3O2. The molecule has 1 aromatic carbocycles. The first-order chi connectivity index (χ1) is 8.65. The third kappa shape index (κ3) is 3.10. The van der Waals surface area contributed by atoms with E-state index in [0.29, 0.717) is 11.4 Å². The zero-order valence-corrected chi connectivity index (χ0v) is 10.3. The molecule has 5 nitrogen and oxygen atoms in total. The lowest BCUT2D eigenvalue weighted by Gasteiger charge is -2.14. The number of anilines is 1. The van der Waals surface area contributed by atoms with Crippen molar-refractivity contribution in [3.8, 4) is 5.75 Å². The number of ether oxygens (including phenoxy) is 1. The van der Waals surface area contributed by atoms with Gasteiger partial charge in [-0.05, 0) is 26.0 Å². The van der Waals surface area contributed by atoms with Crippen LogP contribution in [0.15, 0.2) is 36.7 Å². The first kappa shape index (κ1) is 12.2. The van der Waals surface area contributed by atoms with Gasteiger partial charge in [-0.2, -0.15) is 5.10 Å². The number of rotatable bonds is 4. The van der Waals surface area contributed by atoms with Gasteiger partial charge >= 0.3 is 0 Å². The van der Waals surface area contributed by atoms with Gasteiger partial charge in [-0.15, -0.1) is 0 Å². The van der Waals surface area contributed by atoms with Gasteiger partial charge in [0.05, 0.1) is 11.9 Å². The van der Waals surface area contributed by atoms with E-state index < -0.39 is 6.10 Å². The molecule has 1 aromatic heterocycles. The topological polar surface area (TPSA) is 67.0 Å². The van der Waals surface area contributed by atoms with Crippen LogP contribution in [-0.2, 0) is 4.79 Å². The molecule has 1 unspecified atom stereocenters. The van der Waals surface area contributed by atoms with E-state index in [4.69, 9.17) is 4.74 Å². The minimum atomic E-state index is -0.567. The lowest BCUT2D eigenvalue weighted by Crippen LogP contribution is -2.29. The fraction of sp³-hybridized carbons (Fsp3) is 0.231. The summed E-state index contributed by atoms with van der Waals surface area (Å²) in [5.41, 5.74) is 1.78. The van der Waals surface area contributed by atoms with Crippen LogP contribution in [-0.4, -0.2) is 22.2 Å². The molecule has 94 valence electrons. The van der Waals surface area contributed by atoms with Gasteiger partial charge in [0.1, 0.15) is 5.75 Å². The van der Waals surface area contributed by atoms with E-state index in [1.807, 2.05) is 31.2 Å². The summed E-state index contributed by atoms with van der Waals surface area (Å²) in [5.74, 6) is 0.465. The molecule has 0 bridgehead atoms. The quantitative estimate of drug-likeness (QED) is 0.867. The highest BCUT2D eigenvalue weighted by atomic mass is 16.5. The highest BCUT2D eigenvalue weighted by Gasteiger charge is 2.14. The van der Waals surface area contributed by atoms with Gasteiger partial charge in [0.25, 0.3) is 5.91 Å². The zero-order valence-electron chi connectivity index (χ0n) is 10.3. The van der Waals surface area contributed by atoms with Crippen molar-refractivity contribution >= 4 is 11.6 Å². The van der Waals surface area contributed by atoms with E-state index in [0.717, 1.165) is 5.56 Å². The van der Waals surface area contributed by atoms with Gasteiger partial charge in [-0.3, -0.25) is 9.89 Å². The van der Waals surface area contributed by atoms with Gasteiger partial charge in [0.15, 0.2) is 6.10 Å². The van der Waals surface area contributed by atoms with Crippen molar-refractivity contribution < 1.29 is 9.53 Å². The van der Waals surface area contributed by atoms with E-state index in [1.54, 1.807) is 13.1 Å². The molecule has 0 aliphatic rings. The van der Waals surface area contributed by atoms with Crippen LogP contribution in [0.2, 0.25) is 0 Å². The first-order valence-corrected chi connectivity index (χ1v) is 5.68. The van der Waals surface area contributed by atoms with Gasteiger partial charge in [0.2, 0.25) is 0 Å². The van der Waals surface area contributed by atoms with Crippen LogP contribution in [0.1, 0.15) is 12.5 Å². The molecular weight excluding hydrogens is 230 g/mol. The Morgan fingerprint density at radius 3 is 2.72 bits per heavy atom. The molecule has 1 amide bonds.